The Kier molecular flexibility index (Phi) is 4.39. The normalized spacial score (nSPS) is 16.7. The van der Waals surface area contributed by atoms with Crippen LogP contribution in [0.4, 0.5) is 11.5 Å². The fourth-order valence-electron chi connectivity index (χ4n) is 2.84. The predicted molar refractivity (Wildman–Crippen MR) is 96.5 cm³/mol. The van der Waals surface area contributed by atoms with Crippen LogP contribution in [0.25, 0.3) is 10.2 Å². The van der Waals surface area contributed by atoms with Crippen molar-refractivity contribution >= 4 is 39.0 Å². The molecule has 1 aliphatic rings. The van der Waals surface area contributed by atoms with Gasteiger partial charge in [-0.15, -0.1) is 11.3 Å². The van der Waals surface area contributed by atoms with Crippen LogP contribution < -0.4 is 10.1 Å². The first-order chi connectivity index (χ1) is 12.6. The van der Waals surface area contributed by atoms with Gasteiger partial charge in [0, 0.05) is 12.6 Å². The third-order valence-electron chi connectivity index (χ3n) is 4.11. The lowest BCUT2D eigenvalue weighted by Crippen LogP contribution is -2.17. The number of rotatable bonds is 5. The van der Waals surface area contributed by atoms with Gasteiger partial charge in [-0.2, -0.15) is 0 Å². The summed E-state index contributed by atoms with van der Waals surface area (Å²) in [7, 11) is 0. The van der Waals surface area contributed by atoms with Crippen molar-refractivity contribution < 1.29 is 19.4 Å². The van der Waals surface area contributed by atoms with Gasteiger partial charge in [0.1, 0.15) is 33.6 Å². The summed E-state index contributed by atoms with van der Waals surface area (Å²) in [5.74, 6) is 0.0148. The van der Waals surface area contributed by atoms with Gasteiger partial charge in [-0.05, 0) is 24.6 Å². The largest absolute Gasteiger partial charge is 0.477 e. The van der Waals surface area contributed by atoms with Crippen molar-refractivity contribution in [1.29, 1.82) is 0 Å². The maximum atomic E-state index is 11.4. The number of hydrogen-bond donors (Lipinski definition) is 2. The second-order valence-corrected chi connectivity index (χ2v) is 6.85. The summed E-state index contributed by atoms with van der Waals surface area (Å²) in [6.07, 6.45) is 3.86. The summed E-state index contributed by atoms with van der Waals surface area (Å²) in [5, 5.41) is 13.3. The van der Waals surface area contributed by atoms with E-state index in [1.54, 1.807) is 19.2 Å². The topological polar surface area (TPSA) is 106 Å². The molecular formula is C17H16N4O4S. The number of carboxylic acids is 1. The predicted octanol–water partition coefficient (Wildman–Crippen LogP) is 3.00. The lowest BCUT2D eigenvalue weighted by molar-refractivity contribution is 0.0701. The molecule has 134 valence electrons. The number of nitrogens with one attached hydrogen (secondary N) is 1. The minimum absolute atomic E-state index is 0.0302. The Morgan fingerprint density at radius 1 is 1.42 bits per heavy atom. The van der Waals surface area contributed by atoms with E-state index < -0.39 is 5.97 Å². The summed E-state index contributed by atoms with van der Waals surface area (Å²) in [6.45, 7) is 2.98. The molecule has 3 aromatic heterocycles. The molecule has 1 fully saturated rings. The van der Waals surface area contributed by atoms with E-state index in [1.807, 2.05) is 6.07 Å². The zero-order valence-electron chi connectivity index (χ0n) is 13.9. The van der Waals surface area contributed by atoms with E-state index >= 15 is 0 Å². The number of thiophene rings is 1. The van der Waals surface area contributed by atoms with Crippen LogP contribution in [0.5, 0.6) is 5.88 Å². The molecule has 4 heterocycles. The second-order valence-electron chi connectivity index (χ2n) is 5.85. The molecule has 4 rings (SSSR count). The van der Waals surface area contributed by atoms with Gasteiger partial charge in [0.2, 0.25) is 5.88 Å². The highest BCUT2D eigenvalue weighted by molar-refractivity contribution is 7.20. The molecule has 0 amide bonds. The van der Waals surface area contributed by atoms with E-state index in [0.717, 1.165) is 17.8 Å². The van der Waals surface area contributed by atoms with E-state index in [-0.39, 0.29) is 11.0 Å². The van der Waals surface area contributed by atoms with Crippen LogP contribution in [0.2, 0.25) is 0 Å². The molecule has 0 spiro atoms. The van der Waals surface area contributed by atoms with Gasteiger partial charge >= 0.3 is 5.97 Å². The highest BCUT2D eigenvalue weighted by Crippen LogP contribution is 2.35. The van der Waals surface area contributed by atoms with Gasteiger partial charge in [-0.1, -0.05) is 0 Å². The summed E-state index contributed by atoms with van der Waals surface area (Å²) in [5.41, 5.74) is 1.29. The van der Waals surface area contributed by atoms with Crippen molar-refractivity contribution in [3.8, 4) is 5.88 Å². The third-order valence-corrected chi connectivity index (χ3v) is 5.30. The Morgan fingerprint density at radius 2 is 2.31 bits per heavy atom. The van der Waals surface area contributed by atoms with Gasteiger partial charge < -0.3 is 19.9 Å². The van der Waals surface area contributed by atoms with E-state index in [1.165, 1.54) is 6.33 Å². The molecule has 8 nitrogen and oxygen atoms in total. The molecule has 1 atom stereocenters. The highest BCUT2D eigenvalue weighted by atomic mass is 32.1. The highest BCUT2D eigenvalue weighted by Gasteiger charge is 2.21. The van der Waals surface area contributed by atoms with Crippen molar-refractivity contribution in [2.24, 2.45) is 0 Å². The van der Waals surface area contributed by atoms with Crippen LogP contribution in [0.1, 0.15) is 21.7 Å². The first-order valence-electron chi connectivity index (χ1n) is 8.07. The van der Waals surface area contributed by atoms with Gasteiger partial charge in [0.25, 0.3) is 0 Å². The number of carbonyl (C=O) groups is 1. The van der Waals surface area contributed by atoms with Crippen molar-refractivity contribution in [3.05, 3.63) is 35.1 Å². The Labute approximate surface area is 152 Å². The molecule has 1 unspecified atom stereocenters. The average Bonchev–Trinajstić information content (AvgIpc) is 3.25. The van der Waals surface area contributed by atoms with Crippen LogP contribution >= 0.6 is 11.3 Å². The summed E-state index contributed by atoms with van der Waals surface area (Å²) in [4.78, 5) is 25.1. The maximum absolute atomic E-state index is 11.4. The lowest BCUT2D eigenvalue weighted by atomic mass is 10.2. The SMILES string of the molecule is Cc1c(C(=O)O)sc2ncnc(Nc3cccnc3OC3CCOC3)c12. The molecule has 2 N–H and O–H groups in total. The van der Waals surface area contributed by atoms with E-state index in [2.05, 4.69) is 20.3 Å². The standard InChI is InChI=1S/C17H16N4O4S/c1-9-12-14(19-8-20-16(12)26-13(9)17(22)23)21-11-3-2-5-18-15(11)25-10-4-6-24-7-10/h2-3,5,8,10H,4,6-7H2,1H3,(H,22,23)(H,19,20,21). The third kappa shape index (κ3) is 3.06. The fourth-order valence-corrected chi connectivity index (χ4v) is 3.83. The summed E-state index contributed by atoms with van der Waals surface area (Å²) < 4.78 is 11.3. The van der Waals surface area contributed by atoms with Crippen LogP contribution in [-0.2, 0) is 4.74 Å². The molecule has 1 aliphatic heterocycles. The van der Waals surface area contributed by atoms with Crippen molar-refractivity contribution in [3.63, 3.8) is 0 Å². The zero-order valence-corrected chi connectivity index (χ0v) is 14.7. The number of ether oxygens (including phenoxy) is 2. The molecule has 3 aromatic rings. The first-order valence-corrected chi connectivity index (χ1v) is 8.89. The smallest absolute Gasteiger partial charge is 0.346 e. The Bertz CT molecular complexity index is 969. The van der Waals surface area contributed by atoms with E-state index in [4.69, 9.17) is 9.47 Å². The van der Waals surface area contributed by atoms with Crippen LogP contribution in [0, 0.1) is 6.92 Å². The Hall–Kier alpha value is -2.78. The second kappa shape index (κ2) is 6.85. The molecule has 9 heteroatoms. The number of hydrogen-bond acceptors (Lipinski definition) is 8. The van der Waals surface area contributed by atoms with Crippen LogP contribution in [0.15, 0.2) is 24.7 Å². The van der Waals surface area contributed by atoms with Crippen LogP contribution in [0.3, 0.4) is 0 Å². The monoisotopic (exact) mass is 372 g/mol. The Morgan fingerprint density at radius 3 is 3.08 bits per heavy atom. The van der Waals surface area contributed by atoms with Crippen molar-refractivity contribution in [1.82, 2.24) is 15.0 Å². The molecule has 26 heavy (non-hydrogen) atoms. The number of nitrogens with zero attached hydrogens (tertiary/aromatic N) is 3. The van der Waals surface area contributed by atoms with E-state index in [9.17, 15) is 9.90 Å². The molecule has 0 saturated carbocycles. The molecule has 0 bridgehead atoms. The minimum atomic E-state index is -0.969. The number of fused-ring (bicyclic) bond motifs is 1. The number of aromatic carboxylic acids is 1. The van der Waals surface area contributed by atoms with Gasteiger partial charge in [0.15, 0.2) is 0 Å². The summed E-state index contributed by atoms with van der Waals surface area (Å²) in [6, 6.07) is 3.63. The maximum Gasteiger partial charge on any atom is 0.346 e. The number of anilines is 2. The van der Waals surface area contributed by atoms with Crippen LogP contribution in [-0.4, -0.2) is 45.3 Å². The quantitative estimate of drug-likeness (QED) is 0.704. The molecule has 0 aromatic carbocycles. The van der Waals surface area contributed by atoms with Gasteiger partial charge in [0.05, 0.1) is 18.6 Å². The van der Waals surface area contributed by atoms with E-state index in [0.29, 0.717) is 46.4 Å². The lowest BCUT2D eigenvalue weighted by Gasteiger charge is -2.15. The van der Waals surface area contributed by atoms with Gasteiger partial charge in [-0.25, -0.2) is 19.7 Å². The number of aromatic nitrogens is 3. The van der Waals surface area contributed by atoms with Gasteiger partial charge in [-0.3, -0.25) is 0 Å². The minimum Gasteiger partial charge on any atom is -0.477 e. The first kappa shape index (κ1) is 16.7. The summed E-state index contributed by atoms with van der Waals surface area (Å²) >= 11 is 1.13. The molecule has 0 aliphatic carbocycles. The van der Waals surface area contributed by atoms with Crippen molar-refractivity contribution in [2.75, 3.05) is 18.5 Å². The molecule has 1 saturated heterocycles. The number of pyridine rings is 1. The number of aryl methyl sites for hydroxylation is 1. The molecule has 0 radical (unpaired) electrons. The molecular weight excluding hydrogens is 356 g/mol. The number of carboxylic acid groups (broad SMARTS) is 1. The average molecular weight is 372 g/mol. The van der Waals surface area contributed by atoms with Crippen molar-refractivity contribution in [2.45, 2.75) is 19.4 Å². The zero-order chi connectivity index (χ0) is 18.1. The Balaban J connectivity index is 1.70. The fraction of sp³-hybridized carbons (Fsp3) is 0.294.